The summed E-state index contributed by atoms with van der Waals surface area (Å²) in [6.45, 7) is 1.92. The van der Waals surface area contributed by atoms with Gasteiger partial charge in [0.25, 0.3) is 0 Å². The van der Waals surface area contributed by atoms with Gasteiger partial charge in [-0.15, -0.1) is 0 Å². The molecular formula is C22H27NO5. The highest BCUT2D eigenvalue weighted by Crippen LogP contribution is 2.39. The van der Waals surface area contributed by atoms with Crippen LogP contribution in [0.4, 0.5) is 0 Å². The average molecular weight is 385 g/mol. The molecule has 0 aliphatic carbocycles. The van der Waals surface area contributed by atoms with Crippen molar-refractivity contribution < 1.29 is 24.1 Å². The van der Waals surface area contributed by atoms with E-state index in [4.69, 9.17) is 19.6 Å². The van der Waals surface area contributed by atoms with Crippen LogP contribution in [0.15, 0.2) is 42.5 Å². The van der Waals surface area contributed by atoms with Crippen molar-refractivity contribution in [2.24, 2.45) is 0 Å². The molecule has 0 fully saturated rings. The first kappa shape index (κ1) is 21.4. The maximum absolute atomic E-state index is 13.0. The van der Waals surface area contributed by atoms with Crippen LogP contribution in [0.3, 0.4) is 0 Å². The van der Waals surface area contributed by atoms with E-state index in [2.05, 4.69) is 0 Å². The summed E-state index contributed by atoms with van der Waals surface area (Å²) in [5, 5.41) is 17.9. The molecule has 0 radical (unpaired) electrons. The van der Waals surface area contributed by atoms with Crippen molar-refractivity contribution in [3.05, 3.63) is 53.6 Å². The van der Waals surface area contributed by atoms with Gasteiger partial charge in [-0.1, -0.05) is 37.3 Å². The van der Waals surface area contributed by atoms with Crippen LogP contribution in [0.2, 0.25) is 0 Å². The number of ether oxygens (including phenoxy) is 3. The molecule has 1 unspecified atom stereocenters. The van der Waals surface area contributed by atoms with Gasteiger partial charge in [0.05, 0.1) is 27.0 Å². The number of carbonyl (C=O) groups excluding carboxylic acids is 1. The second kappa shape index (κ2) is 9.37. The van der Waals surface area contributed by atoms with Crippen molar-refractivity contribution in [2.75, 3.05) is 27.9 Å². The van der Waals surface area contributed by atoms with E-state index in [1.807, 2.05) is 37.3 Å². The smallest absolute Gasteiger partial charge is 0.206 e. The van der Waals surface area contributed by atoms with Gasteiger partial charge in [0, 0.05) is 24.0 Å². The first-order valence-electron chi connectivity index (χ1n) is 8.98. The molecule has 150 valence electrons. The monoisotopic (exact) mass is 385 g/mol. The van der Waals surface area contributed by atoms with Crippen LogP contribution in [0.25, 0.3) is 0 Å². The van der Waals surface area contributed by atoms with Crippen LogP contribution in [0, 0.1) is 5.41 Å². The zero-order chi connectivity index (χ0) is 20.7. The van der Waals surface area contributed by atoms with Gasteiger partial charge in [-0.3, -0.25) is 4.79 Å². The van der Waals surface area contributed by atoms with Gasteiger partial charge in [-0.05, 0) is 24.1 Å². The summed E-state index contributed by atoms with van der Waals surface area (Å²) in [5.74, 6) is 0.695. The van der Waals surface area contributed by atoms with E-state index in [-0.39, 0.29) is 18.7 Å². The summed E-state index contributed by atoms with van der Waals surface area (Å²) in [6, 6.07) is 12.7. The van der Waals surface area contributed by atoms with Gasteiger partial charge in [0.1, 0.15) is 0 Å². The van der Waals surface area contributed by atoms with Gasteiger partial charge < -0.3 is 24.7 Å². The van der Waals surface area contributed by atoms with E-state index in [0.29, 0.717) is 29.2 Å². The number of aliphatic hydroxyl groups excluding tert-OH is 1. The number of nitrogens with one attached hydrogen (secondary N) is 1. The molecule has 2 N–H and O–H groups in total. The lowest BCUT2D eigenvalue weighted by Crippen LogP contribution is -2.30. The Morgan fingerprint density at radius 1 is 1.04 bits per heavy atom. The van der Waals surface area contributed by atoms with Gasteiger partial charge in [-0.2, -0.15) is 0 Å². The van der Waals surface area contributed by atoms with Crippen LogP contribution >= 0.6 is 0 Å². The predicted molar refractivity (Wildman–Crippen MR) is 108 cm³/mol. The zero-order valence-corrected chi connectivity index (χ0v) is 16.7. The fraction of sp³-hybridized carbons (Fsp3) is 0.364. The standard InChI is InChI=1S/C22H27NO5/c1-22(10-11-24,16-8-6-5-7-9-16)14-17(23)20(25)15-12-18(26-2)21(28-4)19(13-15)27-3/h5-9,12-13,23-24H,10-11,14H2,1-4H3. The van der Waals surface area contributed by atoms with Crippen molar-refractivity contribution in [2.45, 2.75) is 25.2 Å². The third-order valence-corrected chi connectivity index (χ3v) is 4.90. The Labute approximate surface area is 165 Å². The molecule has 2 aromatic carbocycles. The molecular weight excluding hydrogens is 358 g/mol. The molecule has 0 saturated heterocycles. The van der Waals surface area contributed by atoms with Crippen LogP contribution < -0.4 is 14.2 Å². The topological polar surface area (TPSA) is 88.8 Å². The number of aliphatic hydroxyl groups is 1. The molecule has 2 aromatic rings. The fourth-order valence-corrected chi connectivity index (χ4v) is 3.28. The average Bonchev–Trinajstić information content (AvgIpc) is 2.72. The van der Waals surface area contributed by atoms with Crippen molar-refractivity contribution in [3.8, 4) is 17.2 Å². The summed E-state index contributed by atoms with van der Waals surface area (Å²) < 4.78 is 15.9. The predicted octanol–water partition coefficient (Wildman–Crippen LogP) is 3.65. The Kier molecular flexibility index (Phi) is 7.18. The van der Waals surface area contributed by atoms with Crippen LogP contribution in [-0.2, 0) is 5.41 Å². The van der Waals surface area contributed by atoms with E-state index < -0.39 is 11.2 Å². The number of ketones is 1. The molecule has 28 heavy (non-hydrogen) atoms. The Hall–Kier alpha value is -2.86. The highest BCUT2D eigenvalue weighted by Gasteiger charge is 2.30. The van der Waals surface area contributed by atoms with Gasteiger partial charge >= 0.3 is 0 Å². The molecule has 0 aliphatic heterocycles. The van der Waals surface area contributed by atoms with Gasteiger partial charge in [0.15, 0.2) is 11.5 Å². The molecule has 2 rings (SSSR count). The van der Waals surface area contributed by atoms with E-state index >= 15 is 0 Å². The third kappa shape index (κ3) is 4.51. The van der Waals surface area contributed by atoms with Crippen LogP contribution in [0.5, 0.6) is 17.2 Å². The molecule has 0 aromatic heterocycles. The van der Waals surface area contributed by atoms with E-state index in [9.17, 15) is 9.90 Å². The molecule has 0 spiro atoms. The summed E-state index contributed by atoms with van der Waals surface area (Å²) in [7, 11) is 4.44. The van der Waals surface area contributed by atoms with Crippen molar-refractivity contribution in [3.63, 3.8) is 0 Å². The van der Waals surface area contributed by atoms with Gasteiger partial charge in [-0.25, -0.2) is 0 Å². The second-order valence-electron chi connectivity index (χ2n) is 6.80. The number of hydrogen-bond acceptors (Lipinski definition) is 6. The number of rotatable bonds is 10. The first-order chi connectivity index (χ1) is 13.4. The maximum Gasteiger partial charge on any atom is 0.206 e. The zero-order valence-electron chi connectivity index (χ0n) is 16.7. The Morgan fingerprint density at radius 3 is 2.07 bits per heavy atom. The number of methoxy groups -OCH3 is 3. The Morgan fingerprint density at radius 2 is 1.61 bits per heavy atom. The maximum atomic E-state index is 13.0. The molecule has 0 saturated carbocycles. The molecule has 0 bridgehead atoms. The van der Waals surface area contributed by atoms with E-state index in [0.717, 1.165) is 5.56 Å². The lowest BCUT2D eigenvalue weighted by atomic mass is 9.75. The largest absolute Gasteiger partial charge is 0.493 e. The summed E-state index contributed by atoms with van der Waals surface area (Å²) in [6.07, 6.45) is 0.648. The quantitative estimate of drug-likeness (QED) is 0.481. The summed E-state index contributed by atoms with van der Waals surface area (Å²) in [4.78, 5) is 13.0. The number of benzene rings is 2. The summed E-state index contributed by atoms with van der Waals surface area (Å²) in [5.41, 5.74) is 0.697. The lowest BCUT2D eigenvalue weighted by Gasteiger charge is -2.29. The normalized spacial score (nSPS) is 12.8. The fourth-order valence-electron chi connectivity index (χ4n) is 3.28. The number of Topliss-reactive ketones (excluding diaryl/α,β-unsaturated/α-hetero) is 1. The second-order valence-corrected chi connectivity index (χ2v) is 6.80. The first-order valence-corrected chi connectivity index (χ1v) is 8.98. The minimum atomic E-state index is -0.524. The highest BCUT2D eigenvalue weighted by atomic mass is 16.5. The van der Waals surface area contributed by atoms with Crippen molar-refractivity contribution in [1.29, 1.82) is 5.41 Å². The minimum Gasteiger partial charge on any atom is -0.493 e. The molecule has 0 amide bonds. The highest BCUT2D eigenvalue weighted by molar-refractivity contribution is 6.45. The van der Waals surface area contributed by atoms with Crippen LogP contribution in [-0.4, -0.2) is 44.5 Å². The van der Waals surface area contributed by atoms with Gasteiger partial charge in [0.2, 0.25) is 11.5 Å². The Bertz CT molecular complexity index is 809. The van der Waals surface area contributed by atoms with Crippen molar-refractivity contribution >= 4 is 11.5 Å². The third-order valence-electron chi connectivity index (χ3n) is 4.90. The van der Waals surface area contributed by atoms with E-state index in [1.165, 1.54) is 21.3 Å². The van der Waals surface area contributed by atoms with Crippen molar-refractivity contribution in [1.82, 2.24) is 0 Å². The number of carbonyl (C=O) groups is 1. The van der Waals surface area contributed by atoms with E-state index in [1.54, 1.807) is 12.1 Å². The Balaban J connectivity index is 2.34. The molecule has 6 nitrogen and oxygen atoms in total. The summed E-state index contributed by atoms with van der Waals surface area (Å²) >= 11 is 0. The molecule has 0 aliphatic rings. The lowest BCUT2D eigenvalue weighted by molar-refractivity contribution is 0.105. The molecule has 0 heterocycles. The molecule has 6 heteroatoms. The minimum absolute atomic E-state index is 0.0307. The van der Waals surface area contributed by atoms with Crippen LogP contribution in [0.1, 0.15) is 35.7 Å². The number of hydrogen-bond donors (Lipinski definition) is 2. The molecule has 1 atom stereocenters. The SMILES string of the molecule is COc1cc(C(=O)C(=N)CC(C)(CCO)c2ccccc2)cc(OC)c1OC.